The molecule has 16 heavy (non-hydrogen) atoms. The predicted octanol–water partition coefficient (Wildman–Crippen LogP) is 2.11. The molecule has 0 aliphatic rings. The molecule has 0 rings (SSSR count). The number of thioether (sulfide) groups is 1. The SMILES string of the molecule is COCCCN(CCCOC)C(C)CSC. The number of ether oxygens (including phenoxy) is 2. The van der Waals surface area contributed by atoms with Crippen LogP contribution in [0.2, 0.25) is 0 Å². The molecule has 0 fully saturated rings. The van der Waals surface area contributed by atoms with Gasteiger partial charge in [-0.05, 0) is 26.0 Å². The minimum absolute atomic E-state index is 0.642. The number of methoxy groups -OCH3 is 2. The monoisotopic (exact) mass is 249 g/mol. The van der Waals surface area contributed by atoms with Crippen molar-refractivity contribution in [2.75, 3.05) is 52.5 Å². The van der Waals surface area contributed by atoms with Gasteiger partial charge in [-0.1, -0.05) is 0 Å². The molecular formula is C12H27NO2S. The second kappa shape index (κ2) is 11.7. The van der Waals surface area contributed by atoms with Gasteiger partial charge in [-0.15, -0.1) is 0 Å². The Morgan fingerprint density at radius 2 is 1.56 bits per heavy atom. The molecule has 1 atom stereocenters. The molecule has 0 amide bonds. The first-order valence-corrected chi connectivity index (χ1v) is 7.36. The first-order chi connectivity index (χ1) is 7.76. The van der Waals surface area contributed by atoms with Gasteiger partial charge in [0.2, 0.25) is 0 Å². The largest absolute Gasteiger partial charge is 0.385 e. The normalized spacial score (nSPS) is 13.3. The van der Waals surface area contributed by atoms with Crippen molar-refractivity contribution in [3.05, 3.63) is 0 Å². The topological polar surface area (TPSA) is 21.7 Å². The summed E-state index contributed by atoms with van der Waals surface area (Å²) in [4.78, 5) is 2.54. The van der Waals surface area contributed by atoms with Gasteiger partial charge in [0.25, 0.3) is 0 Å². The molecule has 0 aliphatic heterocycles. The van der Waals surface area contributed by atoms with Crippen LogP contribution in [-0.4, -0.2) is 63.5 Å². The fourth-order valence-electron chi connectivity index (χ4n) is 1.72. The Labute approximate surface area is 105 Å². The average Bonchev–Trinajstić information content (AvgIpc) is 2.28. The van der Waals surface area contributed by atoms with E-state index in [1.807, 2.05) is 11.8 Å². The minimum atomic E-state index is 0.642. The highest BCUT2D eigenvalue weighted by Crippen LogP contribution is 2.07. The van der Waals surface area contributed by atoms with Crippen molar-refractivity contribution in [3.63, 3.8) is 0 Å². The van der Waals surface area contributed by atoms with Crippen molar-refractivity contribution in [3.8, 4) is 0 Å². The van der Waals surface area contributed by atoms with Crippen LogP contribution < -0.4 is 0 Å². The molecule has 0 aromatic heterocycles. The highest BCUT2D eigenvalue weighted by atomic mass is 32.2. The summed E-state index contributed by atoms with van der Waals surface area (Å²) in [6, 6.07) is 0.642. The van der Waals surface area contributed by atoms with Crippen molar-refractivity contribution in [1.29, 1.82) is 0 Å². The van der Waals surface area contributed by atoms with Crippen LogP contribution >= 0.6 is 11.8 Å². The third-order valence-corrected chi connectivity index (χ3v) is 3.43. The molecule has 3 nitrogen and oxygen atoms in total. The van der Waals surface area contributed by atoms with Crippen molar-refractivity contribution >= 4 is 11.8 Å². The number of hydrogen-bond acceptors (Lipinski definition) is 4. The molecular weight excluding hydrogens is 222 g/mol. The summed E-state index contributed by atoms with van der Waals surface area (Å²) < 4.78 is 10.2. The third-order valence-electron chi connectivity index (χ3n) is 2.62. The Balaban J connectivity index is 3.84. The molecule has 0 saturated carbocycles. The van der Waals surface area contributed by atoms with Gasteiger partial charge in [0.1, 0.15) is 0 Å². The Morgan fingerprint density at radius 3 is 1.94 bits per heavy atom. The van der Waals surface area contributed by atoms with Crippen molar-refractivity contribution < 1.29 is 9.47 Å². The van der Waals surface area contributed by atoms with Crippen LogP contribution in [-0.2, 0) is 9.47 Å². The first-order valence-electron chi connectivity index (χ1n) is 5.97. The van der Waals surface area contributed by atoms with E-state index in [2.05, 4.69) is 18.1 Å². The zero-order chi connectivity index (χ0) is 12.2. The van der Waals surface area contributed by atoms with Gasteiger partial charge in [-0.3, -0.25) is 4.90 Å². The molecule has 4 heteroatoms. The Bertz CT molecular complexity index is 137. The summed E-state index contributed by atoms with van der Waals surface area (Å²) in [5, 5.41) is 0. The lowest BCUT2D eigenvalue weighted by Crippen LogP contribution is -2.37. The molecule has 98 valence electrons. The minimum Gasteiger partial charge on any atom is -0.385 e. The van der Waals surface area contributed by atoms with E-state index in [9.17, 15) is 0 Å². The summed E-state index contributed by atoms with van der Waals surface area (Å²) in [6.07, 6.45) is 4.39. The predicted molar refractivity (Wildman–Crippen MR) is 72.4 cm³/mol. The van der Waals surface area contributed by atoms with Gasteiger partial charge in [-0.25, -0.2) is 0 Å². The molecule has 0 radical (unpaired) electrons. The zero-order valence-electron chi connectivity index (χ0n) is 11.2. The zero-order valence-corrected chi connectivity index (χ0v) is 12.0. The van der Waals surface area contributed by atoms with Crippen molar-refractivity contribution in [2.24, 2.45) is 0 Å². The van der Waals surface area contributed by atoms with Crippen LogP contribution in [0.1, 0.15) is 19.8 Å². The summed E-state index contributed by atoms with van der Waals surface area (Å²) in [7, 11) is 3.53. The van der Waals surface area contributed by atoms with E-state index in [4.69, 9.17) is 9.47 Å². The van der Waals surface area contributed by atoms with Crippen molar-refractivity contribution in [1.82, 2.24) is 4.90 Å². The summed E-state index contributed by atoms with van der Waals surface area (Å²) in [5.74, 6) is 1.19. The summed E-state index contributed by atoms with van der Waals surface area (Å²) in [5.41, 5.74) is 0. The van der Waals surface area contributed by atoms with E-state index in [1.165, 1.54) is 5.75 Å². The molecule has 1 unspecified atom stereocenters. The highest BCUT2D eigenvalue weighted by Gasteiger charge is 2.12. The van der Waals surface area contributed by atoms with Crippen LogP contribution in [0.15, 0.2) is 0 Å². The standard InChI is InChI=1S/C12H27NO2S/c1-12(11-16-4)13(7-5-9-14-2)8-6-10-15-3/h12H,5-11H2,1-4H3. The molecule has 0 saturated heterocycles. The maximum Gasteiger partial charge on any atom is 0.0474 e. The molecule has 0 bridgehead atoms. The second-order valence-electron chi connectivity index (χ2n) is 4.03. The Morgan fingerprint density at radius 1 is 1.06 bits per heavy atom. The average molecular weight is 249 g/mol. The van der Waals surface area contributed by atoms with E-state index in [0.717, 1.165) is 39.1 Å². The quantitative estimate of drug-likeness (QED) is 0.523. The number of nitrogens with zero attached hydrogens (tertiary/aromatic N) is 1. The number of rotatable bonds is 11. The van der Waals surface area contributed by atoms with Crippen LogP contribution in [0.5, 0.6) is 0 Å². The van der Waals surface area contributed by atoms with Crippen molar-refractivity contribution in [2.45, 2.75) is 25.8 Å². The van der Waals surface area contributed by atoms with Crippen LogP contribution in [0.4, 0.5) is 0 Å². The lowest BCUT2D eigenvalue weighted by atomic mass is 10.2. The van der Waals surface area contributed by atoms with E-state index in [0.29, 0.717) is 6.04 Å². The molecule has 0 aromatic rings. The lowest BCUT2D eigenvalue weighted by molar-refractivity contribution is 0.139. The Kier molecular flexibility index (Phi) is 11.9. The third kappa shape index (κ3) is 8.39. The second-order valence-corrected chi connectivity index (χ2v) is 4.94. The van der Waals surface area contributed by atoms with Gasteiger partial charge in [0.05, 0.1) is 0 Å². The van der Waals surface area contributed by atoms with Crippen LogP contribution in [0.25, 0.3) is 0 Å². The molecule has 0 aliphatic carbocycles. The molecule has 0 heterocycles. The first kappa shape index (κ1) is 16.2. The van der Waals surface area contributed by atoms with Gasteiger partial charge in [0, 0.05) is 52.3 Å². The van der Waals surface area contributed by atoms with Gasteiger partial charge < -0.3 is 9.47 Å². The summed E-state index contributed by atoms with van der Waals surface area (Å²) >= 11 is 1.91. The molecule has 0 spiro atoms. The fraction of sp³-hybridized carbons (Fsp3) is 1.00. The van der Waals surface area contributed by atoms with E-state index >= 15 is 0 Å². The summed E-state index contributed by atoms with van der Waals surface area (Å²) in [6.45, 7) is 6.26. The van der Waals surface area contributed by atoms with E-state index in [-0.39, 0.29) is 0 Å². The van der Waals surface area contributed by atoms with Crippen LogP contribution in [0.3, 0.4) is 0 Å². The van der Waals surface area contributed by atoms with Gasteiger partial charge >= 0.3 is 0 Å². The molecule has 0 N–H and O–H groups in total. The Hall–Kier alpha value is 0.230. The highest BCUT2D eigenvalue weighted by molar-refractivity contribution is 7.98. The van der Waals surface area contributed by atoms with Gasteiger partial charge in [-0.2, -0.15) is 11.8 Å². The fourth-order valence-corrected chi connectivity index (χ4v) is 2.42. The molecule has 0 aromatic carbocycles. The number of hydrogen-bond donors (Lipinski definition) is 0. The maximum absolute atomic E-state index is 5.10. The smallest absolute Gasteiger partial charge is 0.0474 e. The van der Waals surface area contributed by atoms with E-state index < -0.39 is 0 Å². The van der Waals surface area contributed by atoms with E-state index in [1.54, 1.807) is 14.2 Å². The maximum atomic E-state index is 5.10. The van der Waals surface area contributed by atoms with Crippen LogP contribution in [0, 0.1) is 0 Å². The lowest BCUT2D eigenvalue weighted by Gasteiger charge is -2.28. The van der Waals surface area contributed by atoms with Gasteiger partial charge in [0.15, 0.2) is 0 Å².